The molecule has 0 unspecified atom stereocenters. The van der Waals surface area contributed by atoms with Gasteiger partial charge in [-0.1, -0.05) is 17.7 Å². The first-order valence-electron chi connectivity index (χ1n) is 5.33. The highest BCUT2D eigenvalue weighted by Crippen LogP contribution is 2.07. The minimum atomic E-state index is -0.758. The van der Waals surface area contributed by atoms with Gasteiger partial charge in [-0.3, -0.25) is 9.59 Å². The second-order valence-corrected chi connectivity index (χ2v) is 3.88. The number of anilines is 1. The zero-order chi connectivity index (χ0) is 12.8. The van der Waals surface area contributed by atoms with E-state index in [1.165, 1.54) is 6.92 Å². The lowest BCUT2D eigenvalue weighted by Gasteiger charge is -2.07. The molecule has 1 rings (SSSR count). The van der Waals surface area contributed by atoms with Crippen LogP contribution in [0.5, 0.6) is 0 Å². The van der Waals surface area contributed by atoms with Crippen LogP contribution in [-0.4, -0.2) is 29.6 Å². The molecular formula is C12H16N2O3. The fraction of sp³-hybridized carbons (Fsp3) is 0.333. The number of benzene rings is 1. The molecule has 0 aliphatic heterocycles. The molecule has 0 fully saturated rings. The smallest absolute Gasteiger partial charge is 0.313 e. The molecule has 0 aliphatic carbocycles. The van der Waals surface area contributed by atoms with E-state index in [2.05, 4.69) is 10.6 Å². The molecule has 1 aromatic rings. The molecule has 92 valence electrons. The molecule has 0 bridgehead atoms. The Morgan fingerprint density at radius 3 is 2.35 bits per heavy atom. The van der Waals surface area contributed by atoms with Gasteiger partial charge in [0.05, 0.1) is 6.10 Å². The first-order valence-corrected chi connectivity index (χ1v) is 5.33. The number of nitrogens with one attached hydrogen (secondary N) is 2. The van der Waals surface area contributed by atoms with Crippen molar-refractivity contribution in [1.29, 1.82) is 0 Å². The Hall–Kier alpha value is -1.88. The van der Waals surface area contributed by atoms with Crippen molar-refractivity contribution in [2.24, 2.45) is 0 Å². The summed E-state index contributed by atoms with van der Waals surface area (Å²) in [6, 6.07) is 7.11. The van der Waals surface area contributed by atoms with Crippen molar-refractivity contribution in [2.45, 2.75) is 20.0 Å². The summed E-state index contributed by atoms with van der Waals surface area (Å²) >= 11 is 0. The van der Waals surface area contributed by atoms with Crippen molar-refractivity contribution in [3.63, 3.8) is 0 Å². The molecule has 5 nitrogen and oxygen atoms in total. The maximum Gasteiger partial charge on any atom is 0.313 e. The van der Waals surface area contributed by atoms with Crippen LogP contribution >= 0.6 is 0 Å². The Morgan fingerprint density at radius 1 is 1.24 bits per heavy atom. The number of hydrogen-bond acceptors (Lipinski definition) is 3. The predicted molar refractivity (Wildman–Crippen MR) is 64.5 cm³/mol. The highest BCUT2D eigenvalue weighted by Gasteiger charge is 2.13. The molecule has 1 aromatic carbocycles. The molecule has 0 spiro atoms. The molecule has 0 aromatic heterocycles. The summed E-state index contributed by atoms with van der Waals surface area (Å²) < 4.78 is 0. The molecule has 3 N–H and O–H groups in total. The highest BCUT2D eigenvalue weighted by atomic mass is 16.3. The fourth-order valence-corrected chi connectivity index (χ4v) is 1.15. The van der Waals surface area contributed by atoms with Gasteiger partial charge < -0.3 is 15.7 Å². The molecule has 0 aliphatic rings. The zero-order valence-electron chi connectivity index (χ0n) is 9.86. The Bertz CT molecular complexity index is 399. The third kappa shape index (κ3) is 4.65. The Balaban J connectivity index is 2.48. The zero-order valence-corrected chi connectivity index (χ0v) is 9.86. The van der Waals surface area contributed by atoms with Gasteiger partial charge in [-0.25, -0.2) is 0 Å². The minimum Gasteiger partial charge on any atom is -0.392 e. The topological polar surface area (TPSA) is 78.4 Å². The van der Waals surface area contributed by atoms with Gasteiger partial charge in [0.1, 0.15) is 0 Å². The molecule has 17 heavy (non-hydrogen) atoms. The van der Waals surface area contributed by atoms with E-state index in [0.717, 1.165) is 5.56 Å². The van der Waals surface area contributed by atoms with Crippen LogP contribution in [-0.2, 0) is 9.59 Å². The Kier molecular flexibility index (Phi) is 4.66. The van der Waals surface area contributed by atoms with Gasteiger partial charge in [0.25, 0.3) is 0 Å². The van der Waals surface area contributed by atoms with Crippen LogP contribution in [0.1, 0.15) is 12.5 Å². The van der Waals surface area contributed by atoms with E-state index in [-0.39, 0.29) is 6.54 Å². The largest absolute Gasteiger partial charge is 0.392 e. The van der Waals surface area contributed by atoms with Crippen molar-refractivity contribution in [2.75, 3.05) is 11.9 Å². The number of aliphatic hydroxyl groups excluding tert-OH is 1. The van der Waals surface area contributed by atoms with Crippen LogP contribution < -0.4 is 10.6 Å². The summed E-state index contributed by atoms with van der Waals surface area (Å²) in [4.78, 5) is 22.7. The number of aryl methyl sites for hydroxylation is 1. The van der Waals surface area contributed by atoms with E-state index in [1.807, 2.05) is 19.1 Å². The number of hydrogen-bond donors (Lipinski definition) is 3. The quantitative estimate of drug-likeness (QED) is 0.666. The normalized spacial score (nSPS) is 11.7. The monoisotopic (exact) mass is 236 g/mol. The molecule has 0 heterocycles. The molecule has 0 radical (unpaired) electrons. The number of carbonyl (C=O) groups excluding carboxylic acids is 2. The third-order valence-electron chi connectivity index (χ3n) is 2.07. The average molecular weight is 236 g/mol. The predicted octanol–water partition coefficient (Wildman–Crippen LogP) is 0.431. The summed E-state index contributed by atoms with van der Waals surface area (Å²) in [5.74, 6) is -1.50. The number of rotatable bonds is 3. The highest BCUT2D eigenvalue weighted by molar-refractivity contribution is 6.39. The molecule has 1 atom stereocenters. The fourth-order valence-electron chi connectivity index (χ4n) is 1.15. The van der Waals surface area contributed by atoms with E-state index in [4.69, 9.17) is 5.11 Å². The van der Waals surface area contributed by atoms with Gasteiger partial charge in [-0.2, -0.15) is 0 Å². The van der Waals surface area contributed by atoms with E-state index in [1.54, 1.807) is 12.1 Å². The van der Waals surface area contributed by atoms with Crippen molar-refractivity contribution >= 4 is 17.5 Å². The maximum atomic E-state index is 11.4. The standard InChI is InChI=1S/C12H16N2O3/c1-8-3-5-10(6-4-8)14-12(17)11(16)13-7-9(2)15/h3-6,9,15H,7H2,1-2H3,(H,13,16)(H,14,17)/t9-/m0/s1. The SMILES string of the molecule is Cc1ccc(NC(=O)C(=O)NC[C@H](C)O)cc1. The van der Waals surface area contributed by atoms with Crippen LogP contribution in [0, 0.1) is 6.92 Å². The molecule has 0 saturated heterocycles. The lowest BCUT2D eigenvalue weighted by molar-refractivity contribution is -0.136. The Morgan fingerprint density at radius 2 is 1.82 bits per heavy atom. The average Bonchev–Trinajstić information content (AvgIpc) is 2.28. The molecular weight excluding hydrogens is 220 g/mol. The molecule has 2 amide bonds. The van der Waals surface area contributed by atoms with Gasteiger partial charge in [-0.05, 0) is 26.0 Å². The molecule has 5 heteroatoms. The second-order valence-electron chi connectivity index (χ2n) is 3.88. The van der Waals surface area contributed by atoms with Gasteiger partial charge in [0, 0.05) is 12.2 Å². The lowest BCUT2D eigenvalue weighted by atomic mass is 10.2. The number of amides is 2. The van der Waals surface area contributed by atoms with Crippen LogP contribution in [0.2, 0.25) is 0 Å². The van der Waals surface area contributed by atoms with E-state index >= 15 is 0 Å². The maximum absolute atomic E-state index is 11.4. The lowest BCUT2D eigenvalue weighted by Crippen LogP contribution is -2.38. The molecule has 0 saturated carbocycles. The first kappa shape index (κ1) is 13.2. The van der Waals surface area contributed by atoms with E-state index in [0.29, 0.717) is 5.69 Å². The van der Waals surface area contributed by atoms with Crippen molar-refractivity contribution in [1.82, 2.24) is 5.32 Å². The van der Waals surface area contributed by atoms with E-state index < -0.39 is 17.9 Å². The van der Waals surface area contributed by atoms with Crippen LogP contribution in [0.3, 0.4) is 0 Å². The van der Waals surface area contributed by atoms with Gasteiger partial charge in [0.15, 0.2) is 0 Å². The van der Waals surface area contributed by atoms with E-state index in [9.17, 15) is 9.59 Å². The summed E-state index contributed by atoms with van der Waals surface area (Å²) in [5, 5.41) is 13.7. The third-order valence-corrected chi connectivity index (χ3v) is 2.07. The van der Waals surface area contributed by atoms with Crippen molar-refractivity contribution in [3.05, 3.63) is 29.8 Å². The second kappa shape index (κ2) is 6.00. The van der Waals surface area contributed by atoms with Crippen molar-refractivity contribution < 1.29 is 14.7 Å². The van der Waals surface area contributed by atoms with Gasteiger partial charge in [0.2, 0.25) is 0 Å². The summed E-state index contributed by atoms with van der Waals surface area (Å²) in [7, 11) is 0. The van der Waals surface area contributed by atoms with Crippen molar-refractivity contribution in [3.8, 4) is 0 Å². The van der Waals surface area contributed by atoms with Crippen LogP contribution in [0.4, 0.5) is 5.69 Å². The summed E-state index contributed by atoms with van der Waals surface area (Å²) in [6.07, 6.45) is -0.675. The van der Waals surface area contributed by atoms with Gasteiger partial charge in [-0.15, -0.1) is 0 Å². The van der Waals surface area contributed by atoms with Gasteiger partial charge >= 0.3 is 11.8 Å². The summed E-state index contributed by atoms with van der Waals surface area (Å²) in [5.41, 5.74) is 1.63. The van der Waals surface area contributed by atoms with Crippen LogP contribution in [0.15, 0.2) is 24.3 Å². The summed E-state index contributed by atoms with van der Waals surface area (Å²) in [6.45, 7) is 3.51. The minimum absolute atomic E-state index is 0.0557. The Labute approximate surface area is 99.8 Å². The number of carbonyl (C=O) groups is 2. The number of aliphatic hydroxyl groups is 1. The first-order chi connectivity index (χ1) is 7.99. The van der Waals surface area contributed by atoms with Crippen LogP contribution in [0.25, 0.3) is 0 Å².